The lowest BCUT2D eigenvalue weighted by atomic mass is 10.2. The lowest BCUT2D eigenvalue weighted by Crippen LogP contribution is -2.22. The van der Waals surface area contributed by atoms with Crippen LogP contribution in [0.3, 0.4) is 0 Å². The van der Waals surface area contributed by atoms with Gasteiger partial charge in [-0.3, -0.25) is 0 Å². The molecule has 0 aliphatic rings. The quantitative estimate of drug-likeness (QED) is 0.527. The van der Waals surface area contributed by atoms with E-state index in [1.54, 1.807) is 18.2 Å². The van der Waals surface area contributed by atoms with Gasteiger partial charge in [-0.2, -0.15) is 0 Å². The van der Waals surface area contributed by atoms with E-state index in [0.717, 1.165) is 0 Å². The van der Waals surface area contributed by atoms with Crippen molar-refractivity contribution in [1.29, 1.82) is 0 Å². The Morgan fingerprint density at radius 3 is 2.61 bits per heavy atom. The number of benzene rings is 1. The van der Waals surface area contributed by atoms with Crippen LogP contribution in [0.2, 0.25) is 0 Å². The number of nitrogen functional groups attached to an aromatic ring is 1. The summed E-state index contributed by atoms with van der Waals surface area (Å²) in [6.07, 6.45) is 0. The highest BCUT2D eigenvalue weighted by Crippen LogP contribution is 2.24. The standard InChI is InChI=1S/C13H18BrNO3/c1-13(2,3)18-8-7-17-12(16)9-5-4-6-10(15)11(9)14/h4-6H,7-8,15H2,1-3H3. The Hall–Kier alpha value is -1.07. The minimum Gasteiger partial charge on any atom is -0.460 e. The summed E-state index contributed by atoms with van der Waals surface area (Å²) in [5, 5.41) is 0. The van der Waals surface area contributed by atoms with Crippen molar-refractivity contribution in [3.63, 3.8) is 0 Å². The molecule has 0 spiro atoms. The number of carbonyl (C=O) groups excluding carboxylic acids is 1. The van der Waals surface area contributed by atoms with Crippen LogP contribution in [-0.2, 0) is 9.47 Å². The van der Waals surface area contributed by atoms with E-state index >= 15 is 0 Å². The molecule has 0 saturated carbocycles. The first kappa shape index (κ1) is 15.0. The van der Waals surface area contributed by atoms with Gasteiger partial charge in [-0.1, -0.05) is 6.07 Å². The number of rotatable bonds is 4. The molecule has 4 nitrogen and oxygen atoms in total. The molecule has 0 unspecified atom stereocenters. The predicted octanol–water partition coefficient (Wildman–Crippen LogP) is 3.00. The van der Waals surface area contributed by atoms with Crippen molar-refractivity contribution >= 4 is 27.6 Å². The predicted molar refractivity (Wildman–Crippen MR) is 74.5 cm³/mol. The SMILES string of the molecule is CC(C)(C)OCCOC(=O)c1cccc(N)c1Br. The summed E-state index contributed by atoms with van der Waals surface area (Å²) in [6.45, 7) is 6.43. The molecule has 0 fully saturated rings. The molecule has 0 atom stereocenters. The lowest BCUT2D eigenvalue weighted by molar-refractivity contribution is -0.0281. The third kappa shape index (κ3) is 4.66. The molecule has 2 N–H and O–H groups in total. The van der Waals surface area contributed by atoms with Gasteiger partial charge < -0.3 is 15.2 Å². The molecule has 1 aromatic carbocycles. The zero-order valence-electron chi connectivity index (χ0n) is 10.8. The van der Waals surface area contributed by atoms with Crippen LogP contribution < -0.4 is 5.73 Å². The second-order valence-corrected chi connectivity index (χ2v) is 5.60. The van der Waals surface area contributed by atoms with Crippen molar-refractivity contribution < 1.29 is 14.3 Å². The topological polar surface area (TPSA) is 61.5 Å². The summed E-state index contributed by atoms with van der Waals surface area (Å²) >= 11 is 3.26. The maximum absolute atomic E-state index is 11.8. The van der Waals surface area contributed by atoms with Gasteiger partial charge in [0.1, 0.15) is 6.61 Å². The summed E-state index contributed by atoms with van der Waals surface area (Å²) in [5.74, 6) is -0.410. The van der Waals surface area contributed by atoms with Gasteiger partial charge in [0.25, 0.3) is 0 Å². The number of halogens is 1. The Kier molecular flexibility index (Phi) is 5.16. The van der Waals surface area contributed by atoms with Crippen LogP contribution in [0.1, 0.15) is 31.1 Å². The van der Waals surface area contributed by atoms with E-state index in [2.05, 4.69) is 15.9 Å². The molecule has 5 heteroatoms. The van der Waals surface area contributed by atoms with Crippen LogP contribution in [0.5, 0.6) is 0 Å². The number of ether oxygens (including phenoxy) is 2. The number of anilines is 1. The van der Waals surface area contributed by atoms with E-state index in [4.69, 9.17) is 15.2 Å². The molecule has 0 amide bonds. The molecule has 0 aromatic heterocycles. The van der Waals surface area contributed by atoms with Gasteiger partial charge in [0.05, 0.1) is 22.2 Å². The summed E-state index contributed by atoms with van der Waals surface area (Å²) < 4.78 is 11.1. The third-order valence-corrected chi connectivity index (χ3v) is 2.99. The Morgan fingerprint density at radius 1 is 1.33 bits per heavy atom. The molecule has 18 heavy (non-hydrogen) atoms. The first-order valence-corrected chi connectivity index (χ1v) is 6.45. The highest BCUT2D eigenvalue weighted by atomic mass is 79.9. The Bertz CT molecular complexity index is 427. The van der Waals surface area contributed by atoms with E-state index < -0.39 is 5.97 Å². The van der Waals surface area contributed by atoms with Gasteiger partial charge in [0.15, 0.2) is 0 Å². The van der Waals surface area contributed by atoms with Gasteiger partial charge in [-0.25, -0.2) is 4.79 Å². The molecule has 0 radical (unpaired) electrons. The number of carbonyl (C=O) groups is 1. The van der Waals surface area contributed by atoms with E-state index in [1.165, 1.54) is 0 Å². The van der Waals surface area contributed by atoms with Crippen molar-refractivity contribution in [3.05, 3.63) is 28.2 Å². The van der Waals surface area contributed by atoms with Crippen molar-refractivity contribution in [3.8, 4) is 0 Å². The zero-order chi connectivity index (χ0) is 13.8. The van der Waals surface area contributed by atoms with Crippen LogP contribution in [0.4, 0.5) is 5.69 Å². The van der Waals surface area contributed by atoms with Crippen LogP contribution in [0.15, 0.2) is 22.7 Å². The average Bonchev–Trinajstić information content (AvgIpc) is 2.26. The number of esters is 1. The van der Waals surface area contributed by atoms with Crippen molar-refractivity contribution in [1.82, 2.24) is 0 Å². The Balaban J connectivity index is 2.49. The average molecular weight is 316 g/mol. The van der Waals surface area contributed by atoms with Crippen LogP contribution in [-0.4, -0.2) is 24.8 Å². The molecule has 100 valence electrons. The molecule has 1 rings (SSSR count). The molecule has 0 bridgehead atoms. The van der Waals surface area contributed by atoms with Crippen molar-refractivity contribution in [2.24, 2.45) is 0 Å². The van der Waals surface area contributed by atoms with Crippen LogP contribution in [0.25, 0.3) is 0 Å². The fraction of sp³-hybridized carbons (Fsp3) is 0.462. The van der Waals surface area contributed by atoms with E-state index in [1.807, 2.05) is 20.8 Å². The van der Waals surface area contributed by atoms with E-state index in [0.29, 0.717) is 22.3 Å². The first-order valence-electron chi connectivity index (χ1n) is 5.66. The van der Waals surface area contributed by atoms with Crippen LogP contribution in [0, 0.1) is 0 Å². The highest BCUT2D eigenvalue weighted by Gasteiger charge is 2.14. The number of hydrogen-bond acceptors (Lipinski definition) is 4. The zero-order valence-corrected chi connectivity index (χ0v) is 12.4. The minimum atomic E-state index is -0.410. The molecule has 0 saturated heterocycles. The highest BCUT2D eigenvalue weighted by molar-refractivity contribution is 9.10. The maximum atomic E-state index is 11.8. The van der Waals surface area contributed by atoms with Gasteiger partial charge in [-0.05, 0) is 48.8 Å². The van der Waals surface area contributed by atoms with Crippen molar-refractivity contribution in [2.45, 2.75) is 26.4 Å². The number of nitrogens with two attached hydrogens (primary N) is 1. The molecule has 0 heterocycles. The van der Waals surface area contributed by atoms with Gasteiger partial charge in [0.2, 0.25) is 0 Å². The molecular formula is C13H18BrNO3. The second kappa shape index (κ2) is 6.20. The summed E-state index contributed by atoms with van der Waals surface area (Å²) in [6, 6.07) is 5.08. The maximum Gasteiger partial charge on any atom is 0.339 e. The Labute approximate surface area is 116 Å². The molecular weight excluding hydrogens is 298 g/mol. The fourth-order valence-corrected chi connectivity index (χ4v) is 1.69. The first-order chi connectivity index (χ1) is 8.31. The lowest BCUT2D eigenvalue weighted by Gasteiger charge is -2.19. The second-order valence-electron chi connectivity index (χ2n) is 4.81. The smallest absolute Gasteiger partial charge is 0.339 e. The normalized spacial score (nSPS) is 11.3. The summed E-state index contributed by atoms with van der Waals surface area (Å²) in [4.78, 5) is 11.8. The summed E-state index contributed by atoms with van der Waals surface area (Å²) in [5.41, 5.74) is 6.39. The van der Waals surface area contributed by atoms with Gasteiger partial charge >= 0.3 is 5.97 Å². The van der Waals surface area contributed by atoms with Crippen molar-refractivity contribution in [2.75, 3.05) is 18.9 Å². The Morgan fingerprint density at radius 2 is 2.00 bits per heavy atom. The minimum absolute atomic E-state index is 0.220. The van der Waals surface area contributed by atoms with Gasteiger partial charge in [-0.15, -0.1) is 0 Å². The number of hydrogen-bond donors (Lipinski definition) is 1. The third-order valence-electron chi connectivity index (χ3n) is 2.10. The molecule has 1 aromatic rings. The largest absolute Gasteiger partial charge is 0.460 e. The molecule has 0 aliphatic heterocycles. The van der Waals surface area contributed by atoms with E-state index in [9.17, 15) is 4.79 Å². The van der Waals surface area contributed by atoms with Crippen LogP contribution >= 0.6 is 15.9 Å². The van der Waals surface area contributed by atoms with Gasteiger partial charge in [0, 0.05) is 5.69 Å². The fourth-order valence-electron chi connectivity index (χ4n) is 1.27. The van der Waals surface area contributed by atoms with E-state index in [-0.39, 0.29) is 12.2 Å². The molecule has 0 aliphatic carbocycles. The monoisotopic (exact) mass is 315 g/mol. The summed E-state index contributed by atoms with van der Waals surface area (Å²) in [7, 11) is 0.